The van der Waals surface area contributed by atoms with Gasteiger partial charge in [0, 0.05) is 5.54 Å². The minimum Gasteiger partial charge on any atom is -0.303 e. The lowest BCUT2D eigenvalue weighted by atomic mass is 10.2. The van der Waals surface area contributed by atoms with Crippen LogP contribution in [-0.2, 0) is 0 Å². The van der Waals surface area contributed by atoms with Gasteiger partial charge in [0.2, 0.25) is 0 Å². The van der Waals surface area contributed by atoms with Gasteiger partial charge in [0.15, 0.2) is 0 Å². The van der Waals surface area contributed by atoms with E-state index in [1.165, 1.54) is 12.8 Å². The Kier molecular flexibility index (Phi) is 1.46. The predicted molar refractivity (Wildman–Crippen MR) is 35.9 cm³/mol. The van der Waals surface area contributed by atoms with E-state index in [-0.39, 0.29) is 5.54 Å². The molecule has 2 heteroatoms. The van der Waals surface area contributed by atoms with E-state index in [1.807, 2.05) is 14.1 Å². The maximum atomic E-state index is 8.41. The van der Waals surface area contributed by atoms with Gasteiger partial charge in [-0.2, -0.15) is 5.26 Å². The highest BCUT2D eigenvalue weighted by Crippen LogP contribution is 2.42. The number of nitrogens with zero attached hydrogens (tertiary/aromatic N) is 2. The molecule has 0 aliphatic heterocycles. The van der Waals surface area contributed by atoms with Crippen molar-refractivity contribution in [1.82, 2.24) is 4.90 Å². The van der Waals surface area contributed by atoms with E-state index >= 15 is 0 Å². The summed E-state index contributed by atoms with van der Waals surface area (Å²) in [6, 6.07) is 2.21. The molecule has 1 rings (SSSR count). The zero-order valence-corrected chi connectivity index (χ0v) is 6.02. The molecule has 0 spiro atoms. The van der Waals surface area contributed by atoms with E-state index in [0.29, 0.717) is 6.42 Å². The van der Waals surface area contributed by atoms with Crippen LogP contribution < -0.4 is 0 Å². The Labute approximate surface area is 56.1 Å². The molecule has 1 aliphatic carbocycles. The summed E-state index contributed by atoms with van der Waals surface area (Å²) in [5, 5.41) is 8.41. The molecule has 0 amide bonds. The smallest absolute Gasteiger partial charge is 0.0641 e. The van der Waals surface area contributed by atoms with Crippen LogP contribution in [0, 0.1) is 11.3 Å². The summed E-state index contributed by atoms with van der Waals surface area (Å²) >= 11 is 0. The maximum absolute atomic E-state index is 8.41. The molecule has 0 saturated heterocycles. The van der Waals surface area contributed by atoms with Crippen LogP contribution >= 0.6 is 0 Å². The summed E-state index contributed by atoms with van der Waals surface area (Å²) < 4.78 is 0. The molecule has 9 heavy (non-hydrogen) atoms. The third-order valence-corrected chi connectivity index (χ3v) is 2.18. The van der Waals surface area contributed by atoms with Gasteiger partial charge in [-0.05, 0) is 26.9 Å². The Hall–Kier alpha value is -0.550. The standard InChI is InChI=1S/C7H12N2/c1-9(2)7(3-4-7)5-6-8/h3-5H2,1-2H3. The lowest BCUT2D eigenvalue weighted by molar-refractivity contribution is 0.275. The fraction of sp³-hybridized carbons (Fsp3) is 0.857. The fourth-order valence-electron chi connectivity index (χ4n) is 1.07. The Morgan fingerprint density at radius 1 is 1.56 bits per heavy atom. The molecular formula is C7H12N2. The monoisotopic (exact) mass is 124 g/mol. The Bertz CT molecular complexity index is 139. The van der Waals surface area contributed by atoms with Crippen LogP contribution in [0.4, 0.5) is 0 Å². The van der Waals surface area contributed by atoms with Gasteiger partial charge in [0.25, 0.3) is 0 Å². The van der Waals surface area contributed by atoms with Crippen molar-refractivity contribution in [2.75, 3.05) is 14.1 Å². The molecule has 1 fully saturated rings. The summed E-state index contributed by atoms with van der Waals surface area (Å²) in [6.45, 7) is 0. The predicted octanol–water partition coefficient (Wildman–Crippen LogP) is 0.994. The van der Waals surface area contributed by atoms with Gasteiger partial charge >= 0.3 is 0 Å². The largest absolute Gasteiger partial charge is 0.303 e. The Morgan fingerprint density at radius 2 is 2.11 bits per heavy atom. The first kappa shape index (κ1) is 6.57. The summed E-state index contributed by atoms with van der Waals surface area (Å²) in [6.07, 6.45) is 3.10. The van der Waals surface area contributed by atoms with Crippen LogP contribution in [0.1, 0.15) is 19.3 Å². The van der Waals surface area contributed by atoms with Gasteiger partial charge in [0.05, 0.1) is 12.5 Å². The van der Waals surface area contributed by atoms with E-state index in [9.17, 15) is 0 Å². The average Bonchev–Trinajstić information content (AvgIpc) is 2.49. The van der Waals surface area contributed by atoms with Crippen LogP contribution in [-0.4, -0.2) is 24.5 Å². The van der Waals surface area contributed by atoms with Crippen molar-refractivity contribution in [1.29, 1.82) is 5.26 Å². The summed E-state index contributed by atoms with van der Waals surface area (Å²) in [7, 11) is 4.09. The van der Waals surface area contributed by atoms with Gasteiger partial charge in [-0.1, -0.05) is 0 Å². The van der Waals surface area contributed by atoms with Crippen molar-refractivity contribution in [2.24, 2.45) is 0 Å². The second-order valence-electron chi connectivity index (χ2n) is 2.95. The zero-order valence-electron chi connectivity index (χ0n) is 6.02. The van der Waals surface area contributed by atoms with E-state index in [1.54, 1.807) is 0 Å². The normalized spacial score (nSPS) is 21.6. The van der Waals surface area contributed by atoms with Gasteiger partial charge in [0.1, 0.15) is 0 Å². The number of hydrogen-bond donors (Lipinski definition) is 0. The van der Waals surface area contributed by atoms with E-state index in [4.69, 9.17) is 5.26 Å². The molecule has 1 aliphatic rings. The molecule has 50 valence electrons. The van der Waals surface area contributed by atoms with Crippen molar-refractivity contribution in [2.45, 2.75) is 24.8 Å². The van der Waals surface area contributed by atoms with E-state index < -0.39 is 0 Å². The molecule has 0 atom stereocenters. The Morgan fingerprint density at radius 3 is 2.22 bits per heavy atom. The molecule has 0 aromatic rings. The van der Waals surface area contributed by atoms with Crippen LogP contribution in [0.3, 0.4) is 0 Å². The maximum Gasteiger partial charge on any atom is 0.0641 e. The molecule has 0 aromatic carbocycles. The quantitative estimate of drug-likeness (QED) is 0.549. The summed E-state index contributed by atoms with van der Waals surface area (Å²) in [5.74, 6) is 0. The van der Waals surface area contributed by atoms with Crippen molar-refractivity contribution >= 4 is 0 Å². The number of rotatable bonds is 2. The van der Waals surface area contributed by atoms with Gasteiger partial charge in [-0.25, -0.2) is 0 Å². The van der Waals surface area contributed by atoms with Crippen LogP contribution in [0.5, 0.6) is 0 Å². The van der Waals surface area contributed by atoms with Crippen molar-refractivity contribution in [3.05, 3.63) is 0 Å². The first-order valence-corrected chi connectivity index (χ1v) is 3.26. The third kappa shape index (κ3) is 1.06. The van der Waals surface area contributed by atoms with Crippen molar-refractivity contribution in [3.63, 3.8) is 0 Å². The average molecular weight is 124 g/mol. The van der Waals surface area contributed by atoms with Crippen molar-refractivity contribution in [3.8, 4) is 6.07 Å². The van der Waals surface area contributed by atoms with Gasteiger partial charge in [-0.3, -0.25) is 0 Å². The number of nitriles is 1. The molecule has 1 saturated carbocycles. The van der Waals surface area contributed by atoms with Crippen LogP contribution in [0.25, 0.3) is 0 Å². The van der Waals surface area contributed by atoms with Gasteiger partial charge in [-0.15, -0.1) is 0 Å². The first-order valence-electron chi connectivity index (χ1n) is 3.26. The summed E-state index contributed by atoms with van der Waals surface area (Å²) in [4.78, 5) is 2.16. The molecule has 0 radical (unpaired) electrons. The third-order valence-electron chi connectivity index (χ3n) is 2.18. The zero-order chi connectivity index (χ0) is 6.91. The van der Waals surface area contributed by atoms with Crippen LogP contribution in [0.15, 0.2) is 0 Å². The minimum atomic E-state index is 0.273. The highest BCUT2D eigenvalue weighted by molar-refractivity contribution is 5.06. The molecular weight excluding hydrogens is 112 g/mol. The second kappa shape index (κ2) is 2.00. The van der Waals surface area contributed by atoms with Crippen molar-refractivity contribution < 1.29 is 0 Å². The molecule has 0 bridgehead atoms. The fourth-order valence-corrected chi connectivity index (χ4v) is 1.07. The highest BCUT2D eigenvalue weighted by atomic mass is 15.2. The lowest BCUT2D eigenvalue weighted by Crippen LogP contribution is -2.29. The van der Waals surface area contributed by atoms with E-state index in [2.05, 4.69) is 11.0 Å². The molecule has 0 N–H and O–H groups in total. The first-order chi connectivity index (χ1) is 4.21. The molecule has 0 heterocycles. The molecule has 0 aromatic heterocycles. The molecule has 0 unspecified atom stereocenters. The summed E-state index contributed by atoms with van der Waals surface area (Å²) in [5.41, 5.74) is 0.273. The van der Waals surface area contributed by atoms with E-state index in [0.717, 1.165) is 0 Å². The van der Waals surface area contributed by atoms with Crippen LogP contribution in [0.2, 0.25) is 0 Å². The number of hydrogen-bond acceptors (Lipinski definition) is 2. The lowest BCUT2D eigenvalue weighted by Gasteiger charge is -2.19. The second-order valence-corrected chi connectivity index (χ2v) is 2.95. The SMILES string of the molecule is CN(C)C1(CC#N)CC1. The Balaban J connectivity index is 2.45. The molecule has 2 nitrogen and oxygen atoms in total. The minimum absolute atomic E-state index is 0.273. The van der Waals surface area contributed by atoms with Gasteiger partial charge < -0.3 is 4.90 Å². The highest BCUT2D eigenvalue weighted by Gasteiger charge is 2.44. The topological polar surface area (TPSA) is 27.0 Å².